The van der Waals surface area contributed by atoms with E-state index in [1.807, 2.05) is 32.0 Å². The van der Waals surface area contributed by atoms with Crippen molar-refractivity contribution in [3.63, 3.8) is 0 Å². The van der Waals surface area contributed by atoms with Gasteiger partial charge in [-0.25, -0.2) is 4.79 Å². The van der Waals surface area contributed by atoms with Crippen molar-refractivity contribution in [2.75, 3.05) is 13.2 Å². The summed E-state index contributed by atoms with van der Waals surface area (Å²) < 4.78 is 10.4. The SMILES string of the molecule is Cc1cc(C)cc(OCC(=O)OCC(=O)NC2CCC(C)CC2)c1. The Hall–Kier alpha value is -2.04. The second-order valence-electron chi connectivity index (χ2n) is 6.80. The van der Waals surface area contributed by atoms with Crippen LogP contribution in [0.15, 0.2) is 18.2 Å². The van der Waals surface area contributed by atoms with Gasteiger partial charge in [0.1, 0.15) is 5.75 Å². The van der Waals surface area contributed by atoms with Crippen LogP contribution in [-0.4, -0.2) is 31.1 Å². The van der Waals surface area contributed by atoms with Crippen LogP contribution >= 0.6 is 0 Å². The second-order valence-corrected chi connectivity index (χ2v) is 6.80. The van der Waals surface area contributed by atoms with Gasteiger partial charge in [0.2, 0.25) is 0 Å². The lowest BCUT2D eigenvalue weighted by Gasteiger charge is -2.26. The monoisotopic (exact) mass is 333 g/mol. The average Bonchev–Trinajstić information content (AvgIpc) is 2.52. The number of esters is 1. The second kappa shape index (κ2) is 8.71. The zero-order chi connectivity index (χ0) is 17.5. The molecule has 0 atom stereocenters. The van der Waals surface area contributed by atoms with Gasteiger partial charge in [0.25, 0.3) is 5.91 Å². The first-order valence-electron chi connectivity index (χ1n) is 8.58. The van der Waals surface area contributed by atoms with E-state index >= 15 is 0 Å². The highest BCUT2D eigenvalue weighted by Crippen LogP contribution is 2.23. The van der Waals surface area contributed by atoms with Gasteiger partial charge >= 0.3 is 5.97 Å². The summed E-state index contributed by atoms with van der Waals surface area (Å²) >= 11 is 0. The number of ether oxygens (including phenoxy) is 2. The molecular weight excluding hydrogens is 306 g/mol. The molecule has 5 nitrogen and oxygen atoms in total. The zero-order valence-corrected chi connectivity index (χ0v) is 14.8. The van der Waals surface area contributed by atoms with Gasteiger partial charge in [-0.2, -0.15) is 0 Å². The molecule has 1 fully saturated rings. The van der Waals surface area contributed by atoms with Gasteiger partial charge in [-0.1, -0.05) is 13.0 Å². The molecule has 1 saturated carbocycles. The molecule has 0 radical (unpaired) electrons. The largest absolute Gasteiger partial charge is 0.482 e. The van der Waals surface area contributed by atoms with E-state index in [-0.39, 0.29) is 25.2 Å². The van der Waals surface area contributed by atoms with E-state index in [9.17, 15) is 9.59 Å². The lowest BCUT2D eigenvalue weighted by molar-refractivity contribution is -0.150. The van der Waals surface area contributed by atoms with Crippen molar-refractivity contribution in [3.8, 4) is 5.75 Å². The molecule has 5 heteroatoms. The summed E-state index contributed by atoms with van der Waals surface area (Å²) in [6, 6.07) is 5.95. The Labute approximate surface area is 143 Å². The number of carbonyl (C=O) groups is 2. The number of rotatable bonds is 6. The van der Waals surface area contributed by atoms with E-state index in [0.717, 1.165) is 42.7 Å². The molecule has 0 aliphatic heterocycles. The predicted octanol–water partition coefficient (Wildman–Crippen LogP) is 2.92. The van der Waals surface area contributed by atoms with Crippen molar-refractivity contribution in [2.24, 2.45) is 5.92 Å². The number of benzene rings is 1. The number of aryl methyl sites for hydroxylation is 2. The van der Waals surface area contributed by atoms with Crippen LogP contribution in [0.5, 0.6) is 5.75 Å². The van der Waals surface area contributed by atoms with E-state index in [2.05, 4.69) is 12.2 Å². The molecule has 0 unspecified atom stereocenters. The van der Waals surface area contributed by atoms with E-state index in [1.165, 1.54) is 0 Å². The standard InChI is InChI=1S/C19H27NO4/c1-13-4-6-16(7-5-13)20-18(21)11-24-19(22)12-23-17-9-14(2)8-15(3)10-17/h8-10,13,16H,4-7,11-12H2,1-3H3,(H,20,21). The van der Waals surface area contributed by atoms with Crippen LogP contribution < -0.4 is 10.1 Å². The van der Waals surface area contributed by atoms with E-state index in [4.69, 9.17) is 9.47 Å². The van der Waals surface area contributed by atoms with Crippen molar-refractivity contribution in [2.45, 2.75) is 52.5 Å². The lowest BCUT2D eigenvalue weighted by atomic mass is 9.87. The van der Waals surface area contributed by atoms with Crippen molar-refractivity contribution >= 4 is 11.9 Å². The minimum Gasteiger partial charge on any atom is -0.482 e. The van der Waals surface area contributed by atoms with Gasteiger partial charge in [-0.05, 0) is 68.7 Å². The molecule has 1 aromatic carbocycles. The molecule has 1 aliphatic rings. The molecule has 1 aromatic rings. The highest BCUT2D eigenvalue weighted by Gasteiger charge is 2.20. The minimum atomic E-state index is -0.540. The maximum absolute atomic E-state index is 11.8. The molecule has 132 valence electrons. The molecule has 0 spiro atoms. The van der Waals surface area contributed by atoms with E-state index < -0.39 is 5.97 Å². The highest BCUT2D eigenvalue weighted by atomic mass is 16.6. The Morgan fingerprint density at radius 2 is 1.67 bits per heavy atom. The van der Waals surface area contributed by atoms with Gasteiger partial charge in [-0.15, -0.1) is 0 Å². The molecular formula is C19H27NO4. The number of carbonyl (C=O) groups excluding carboxylic acids is 2. The van der Waals surface area contributed by atoms with Crippen molar-refractivity contribution in [1.29, 1.82) is 0 Å². The van der Waals surface area contributed by atoms with Crippen molar-refractivity contribution < 1.29 is 19.1 Å². The fraction of sp³-hybridized carbons (Fsp3) is 0.579. The minimum absolute atomic E-state index is 0.197. The Morgan fingerprint density at radius 3 is 2.29 bits per heavy atom. The number of amides is 1. The molecule has 1 aliphatic carbocycles. The summed E-state index contributed by atoms with van der Waals surface area (Å²) in [6.07, 6.45) is 4.26. The zero-order valence-electron chi connectivity index (χ0n) is 14.8. The Morgan fingerprint density at radius 1 is 1.04 bits per heavy atom. The van der Waals surface area contributed by atoms with Crippen LogP contribution in [0.25, 0.3) is 0 Å². The average molecular weight is 333 g/mol. The number of nitrogens with one attached hydrogen (secondary N) is 1. The molecule has 0 saturated heterocycles. The first kappa shape index (κ1) is 18.3. The van der Waals surface area contributed by atoms with E-state index in [1.54, 1.807) is 0 Å². The van der Waals surface area contributed by atoms with Crippen LogP contribution in [0.2, 0.25) is 0 Å². The van der Waals surface area contributed by atoms with Crippen LogP contribution in [0.1, 0.15) is 43.7 Å². The first-order chi connectivity index (χ1) is 11.4. The normalized spacial score (nSPS) is 20.3. The molecule has 1 N–H and O–H groups in total. The van der Waals surface area contributed by atoms with E-state index in [0.29, 0.717) is 5.75 Å². The third-order valence-corrected chi connectivity index (χ3v) is 4.30. The molecule has 24 heavy (non-hydrogen) atoms. The lowest BCUT2D eigenvalue weighted by Crippen LogP contribution is -2.39. The fourth-order valence-electron chi connectivity index (χ4n) is 3.02. The molecule has 0 heterocycles. The quantitative estimate of drug-likeness (QED) is 0.813. The third-order valence-electron chi connectivity index (χ3n) is 4.30. The summed E-state index contributed by atoms with van der Waals surface area (Å²) in [5.41, 5.74) is 2.14. The van der Waals surface area contributed by atoms with Crippen LogP contribution in [-0.2, 0) is 14.3 Å². The topological polar surface area (TPSA) is 64.6 Å². The maximum atomic E-state index is 11.8. The summed E-state index contributed by atoms with van der Waals surface area (Å²) in [5.74, 6) is 0.583. The van der Waals surface area contributed by atoms with Gasteiger partial charge in [-0.3, -0.25) is 4.79 Å². The summed E-state index contributed by atoms with van der Waals surface area (Å²) in [4.78, 5) is 23.5. The molecule has 2 rings (SSSR count). The van der Waals surface area contributed by atoms with Crippen molar-refractivity contribution in [3.05, 3.63) is 29.3 Å². The Bertz CT molecular complexity index is 556. The molecule has 1 amide bonds. The first-order valence-corrected chi connectivity index (χ1v) is 8.58. The predicted molar refractivity (Wildman–Crippen MR) is 91.9 cm³/mol. The summed E-state index contributed by atoms with van der Waals surface area (Å²) in [7, 11) is 0. The van der Waals surface area contributed by atoms with Gasteiger partial charge in [0.05, 0.1) is 0 Å². The van der Waals surface area contributed by atoms with Crippen LogP contribution in [0, 0.1) is 19.8 Å². The Balaban J connectivity index is 1.66. The maximum Gasteiger partial charge on any atom is 0.344 e. The van der Waals surface area contributed by atoms with Gasteiger partial charge in [0, 0.05) is 6.04 Å². The number of hydrogen-bond donors (Lipinski definition) is 1. The van der Waals surface area contributed by atoms with Gasteiger partial charge in [0.15, 0.2) is 13.2 Å². The molecule has 0 bridgehead atoms. The summed E-state index contributed by atoms with van der Waals surface area (Å²) in [6.45, 7) is 5.72. The third kappa shape index (κ3) is 6.22. The smallest absolute Gasteiger partial charge is 0.344 e. The van der Waals surface area contributed by atoms with Crippen molar-refractivity contribution in [1.82, 2.24) is 5.32 Å². The van der Waals surface area contributed by atoms with Crippen LogP contribution in [0.3, 0.4) is 0 Å². The van der Waals surface area contributed by atoms with Crippen LogP contribution in [0.4, 0.5) is 0 Å². The highest BCUT2D eigenvalue weighted by molar-refractivity contribution is 5.81. The fourth-order valence-corrected chi connectivity index (χ4v) is 3.02. The number of hydrogen-bond acceptors (Lipinski definition) is 4. The van der Waals surface area contributed by atoms with Gasteiger partial charge < -0.3 is 14.8 Å². The summed E-state index contributed by atoms with van der Waals surface area (Å²) in [5, 5.41) is 2.93. The Kier molecular flexibility index (Phi) is 6.64. The molecule has 0 aromatic heterocycles.